The quantitative estimate of drug-likeness (QED) is 0.243. The van der Waals surface area contributed by atoms with Crippen LogP contribution in [0.2, 0.25) is 0 Å². The van der Waals surface area contributed by atoms with Gasteiger partial charge in [-0.25, -0.2) is 4.79 Å². The van der Waals surface area contributed by atoms with Crippen molar-refractivity contribution in [1.82, 2.24) is 0 Å². The molecular formula is C27H39O7P. The number of carbonyl (C=O) groups excluding carboxylic acids is 1. The van der Waals surface area contributed by atoms with Crippen LogP contribution >= 0.6 is 8.81 Å². The number of ether oxygens (including phenoxy) is 3. The van der Waals surface area contributed by atoms with Gasteiger partial charge in [-0.2, -0.15) is 0 Å². The number of aliphatic hydroxyl groups excluding tert-OH is 1. The molecule has 0 aromatic heterocycles. The van der Waals surface area contributed by atoms with E-state index < -0.39 is 30.1 Å². The fourth-order valence-corrected chi connectivity index (χ4v) is 4.99. The van der Waals surface area contributed by atoms with Gasteiger partial charge in [0.05, 0.1) is 6.10 Å². The van der Waals surface area contributed by atoms with Crippen molar-refractivity contribution in [3.8, 4) is 5.75 Å². The lowest BCUT2D eigenvalue weighted by Crippen LogP contribution is -2.34. The van der Waals surface area contributed by atoms with Gasteiger partial charge in [0.25, 0.3) is 0 Å². The molecule has 0 aliphatic carbocycles. The van der Waals surface area contributed by atoms with Crippen molar-refractivity contribution in [2.24, 2.45) is 5.92 Å². The molecule has 0 spiro atoms. The number of hydrogen-bond donors (Lipinski definition) is 2. The van der Waals surface area contributed by atoms with Crippen LogP contribution in [-0.2, 0) is 25.2 Å². The number of rotatable bonds is 6. The van der Waals surface area contributed by atoms with Gasteiger partial charge in [0.1, 0.15) is 29.6 Å². The van der Waals surface area contributed by atoms with Crippen molar-refractivity contribution < 1.29 is 33.7 Å². The molecule has 3 rings (SSSR count). The number of fused-ring (bicyclic) bond motifs is 2. The smallest absolute Gasteiger partial charge is 0.342 e. The zero-order valence-electron chi connectivity index (χ0n) is 21.3. The number of cyclic esters (lactones) is 1. The molecule has 2 unspecified atom stereocenters. The van der Waals surface area contributed by atoms with Crippen molar-refractivity contribution in [2.75, 3.05) is 13.3 Å². The Morgan fingerprint density at radius 3 is 2.69 bits per heavy atom. The molecular weight excluding hydrogens is 467 g/mol. The Balaban J connectivity index is 1.92. The maximum absolute atomic E-state index is 13.1. The van der Waals surface area contributed by atoms with E-state index >= 15 is 0 Å². The number of hydrogen-bond acceptors (Lipinski definition) is 7. The molecule has 2 aliphatic heterocycles. The first-order valence-electron chi connectivity index (χ1n) is 12.3. The summed E-state index contributed by atoms with van der Waals surface area (Å²) in [6.45, 7) is 7.37. The molecule has 194 valence electrons. The van der Waals surface area contributed by atoms with Crippen molar-refractivity contribution in [1.29, 1.82) is 0 Å². The van der Waals surface area contributed by atoms with Gasteiger partial charge in [0.2, 0.25) is 0 Å². The summed E-state index contributed by atoms with van der Waals surface area (Å²) in [5, 5.41) is 21.6. The van der Waals surface area contributed by atoms with Crippen LogP contribution in [0.4, 0.5) is 0 Å². The first-order chi connectivity index (χ1) is 16.6. The highest BCUT2D eigenvalue weighted by Crippen LogP contribution is 2.34. The fraction of sp³-hybridized carbons (Fsp3) is 0.593. The molecule has 2 aliphatic rings. The zero-order chi connectivity index (χ0) is 25.6. The number of benzene rings is 1. The van der Waals surface area contributed by atoms with E-state index in [0.29, 0.717) is 20.8 Å². The molecule has 1 fully saturated rings. The molecule has 2 heterocycles. The highest BCUT2D eigenvalue weighted by molar-refractivity contribution is 7.32. The maximum atomic E-state index is 13.1. The number of aryl methyl sites for hydroxylation is 1. The van der Waals surface area contributed by atoms with Gasteiger partial charge in [-0.3, -0.25) is 0 Å². The van der Waals surface area contributed by atoms with Crippen molar-refractivity contribution >= 4 is 20.9 Å². The lowest BCUT2D eigenvalue weighted by Gasteiger charge is -2.22. The van der Waals surface area contributed by atoms with E-state index in [1.807, 2.05) is 45.1 Å². The standard InChI is InChI=1S/C27H39O7P/c1-17-12-13-21(28)25-23(33-27(3,4)34-25)11-8-10-20-15-19(9-6-7-14-35-31-5)16-22(29)24(20)26(30)32-18(17)2/h8,10,12-13,15-18,21,23,25,28-29,35H,6-7,9,11,14H2,1-5H3/b10-8?,13-12-/t17-,18+,21?,23+,25-/m1/s1. The van der Waals surface area contributed by atoms with Crippen LogP contribution in [0.25, 0.3) is 6.08 Å². The summed E-state index contributed by atoms with van der Waals surface area (Å²) < 4.78 is 22.9. The molecule has 35 heavy (non-hydrogen) atoms. The summed E-state index contributed by atoms with van der Waals surface area (Å²) in [5.74, 6) is -1.61. The Morgan fingerprint density at radius 2 is 1.94 bits per heavy atom. The van der Waals surface area contributed by atoms with E-state index in [9.17, 15) is 15.0 Å². The molecule has 2 N–H and O–H groups in total. The van der Waals surface area contributed by atoms with E-state index in [4.69, 9.17) is 18.7 Å². The summed E-state index contributed by atoms with van der Waals surface area (Å²) in [7, 11) is 2.21. The largest absolute Gasteiger partial charge is 0.507 e. The third-order valence-corrected chi connectivity index (χ3v) is 7.27. The van der Waals surface area contributed by atoms with Crippen LogP contribution in [0.15, 0.2) is 30.4 Å². The van der Waals surface area contributed by atoms with E-state index in [2.05, 4.69) is 0 Å². The van der Waals surface area contributed by atoms with Gasteiger partial charge in [-0.1, -0.05) is 37.3 Å². The highest BCUT2D eigenvalue weighted by atomic mass is 31.1. The third kappa shape index (κ3) is 7.61. The lowest BCUT2D eigenvalue weighted by atomic mass is 9.97. The van der Waals surface area contributed by atoms with Crippen LogP contribution in [0.5, 0.6) is 5.75 Å². The van der Waals surface area contributed by atoms with Crippen LogP contribution < -0.4 is 0 Å². The van der Waals surface area contributed by atoms with E-state index in [1.165, 1.54) is 0 Å². The van der Waals surface area contributed by atoms with Gasteiger partial charge in [0, 0.05) is 21.8 Å². The SMILES string of the molecule is COPCCCCc1cc(O)c2c(c1)C=CC[C@@H]1OC(C)(C)O[C@@H]1C(O)/C=C\[C@@H](C)[C@H](C)OC2=O. The second kappa shape index (κ2) is 12.5. The van der Waals surface area contributed by atoms with Crippen LogP contribution in [0, 0.1) is 5.92 Å². The van der Waals surface area contributed by atoms with Gasteiger partial charge >= 0.3 is 5.97 Å². The Morgan fingerprint density at radius 1 is 1.17 bits per heavy atom. The van der Waals surface area contributed by atoms with Crippen LogP contribution in [0.3, 0.4) is 0 Å². The molecule has 7 nitrogen and oxygen atoms in total. The molecule has 0 radical (unpaired) electrons. The number of phenolic OH excluding ortho intramolecular Hbond substituents is 1. The normalized spacial score (nSPS) is 30.0. The van der Waals surface area contributed by atoms with Gasteiger partial charge in [-0.05, 0) is 69.8 Å². The van der Waals surface area contributed by atoms with Crippen LogP contribution in [-0.4, -0.2) is 59.7 Å². The van der Waals surface area contributed by atoms with E-state index in [-0.39, 0.29) is 23.3 Å². The van der Waals surface area contributed by atoms with Gasteiger partial charge in [-0.15, -0.1) is 0 Å². The molecule has 1 aromatic rings. The first kappa shape index (κ1) is 27.8. The third-order valence-electron chi connectivity index (χ3n) is 6.42. The summed E-state index contributed by atoms with van der Waals surface area (Å²) in [5.41, 5.74) is 1.72. The Hall–Kier alpha value is -1.76. The summed E-state index contributed by atoms with van der Waals surface area (Å²) in [6, 6.07) is 3.60. The molecule has 8 heteroatoms. The Labute approximate surface area is 210 Å². The molecule has 1 saturated heterocycles. The van der Waals surface area contributed by atoms with Crippen molar-refractivity contribution in [3.05, 3.63) is 47.1 Å². The lowest BCUT2D eigenvalue weighted by molar-refractivity contribution is -0.152. The first-order valence-corrected chi connectivity index (χ1v) is 13.4. The number of aromatic hydroxyl groups is 1. The van der Waals surface area contributed by atoms with E-state index in [0.717, 1.165) is 31.0 Å². The second-order valence-electron chi connectivity index (χ2n) is 9.76. The number of unbranched alkanes of at least 4 members (excludes halogenated alkanes) is 1. The minimum Gasteiger partial charge on any atom is -0.507 e. The van der Waals surface area contributed by atoms with Crippen LogP contribution in [0.1, 0.15) is 68.4 Å². The maximum Gasteiger partial charge on any atom is 0.342 e. The molecule has 1 aromatic carbocycles. The molecule has 0 amide bonds. The van der Waals surface area contributed by atoms with Gasteiger partial charge in [0.15, 0.2) is 5.79 Å². The van der Waals surface area contributed by atoms with E-state index in [1.54, 1.807) is 26.2 Å². The zero-order valence-corrected chi connectivity index (χ0v) is 22.3. The predicted octanol–water partition coefficient (Wildman–Crippen LogP) is 4.99. The molecule has 6 atom stereocenters. The molecule has 0 bridgehead atoms. The van der Waals surface area contributed by atoms with Gasteiger partial charge < -0.3 is 28.9 Å². The Kier molecular flexibility index (Phi) is 9.91. The number of phenols is 1. The minimum absolute atomic E-state index is 0.0803. The Bertz CT molecular complexity index is 926. The molecule has 0 saturated carbocycles. The summed E-state index contributed by atoms with van der Waals surface area (Å²) in [4.78, 5) is 13.1. The summed E-state index contributed by atoms with van der Waals surface area (Å²) >= 11 is 0. The predicted molar refractivity (Wildman–Crippen MR) is 138 cm³/mol. The number of aliphatic hydroxyl groups is 1. The highest BCUT2D eigenvalue weighted by Gasteiger charge is 2.43. The summed E-state index contributed by atoms with van der Waals surface area (Å²) in [6.07, 6.45) is 9.29. The minimum atomic E-state index is -0.856. The monoisotopic (exact) mass is 506 g/mol. The average molecular weight is 507 g/mol. The average Bonchev–Trinajstić information content (AvgIpc) is 3.10. The number of carbonyl (C=O) groups is 1. The van der Waals surface area contributed by atoms with Crippen molar-refractivity contribution in [2.45, 2.75) is 83.6 Å². The van der Waals surface area contributed by atoms with Crippen molar-refractivity contribution in [3.63, 3.8) is 0 Å². The number of esters is 1. The topological polar surface area (TPSA) is 94.5 Å². The fourth-order valence-electron chi connectivity index (χ4n) is 4.39. The second-order valence-corrected chi connectivity index (χ2v) is 11.0.